The van der Waals surface area contributed by atoms with Crippen LogP contribution in [-0.2, 0) is 6.42 Å². The third kappa shape index (κ3) is 3.89. The van der Waals surface area contributed by atoms with Crippen molar-refractivity contribution in [2.24, 2.45) is 5.92 Å². The molecule has 1 aliphatic carbocycles. The van der Waals surface area contributed by atoms with Gasteiger partial charge in [0.1, 0.15) is 5.75 Å². The summed E-state index contributed by atoms with van der Waals surface area (Å²) in [5, 5.41) is 0.801. The maximum Gasteiger partial charge on any atom is 0.122 e. The summed E-state index contributed by atoms with van der Waals surface area (Å²) in [5.74, 6) is 1.71. The molecule has 3 heteroatoms. The normalized spacial score (nSPS) is 24.6. The summed E-state index contributed by atoms with van der Waals surface area (Å²) in [6, 6.07) is 5.92. The van der Waals surface area contributed by atoms with Crippen molar-refractivity contribution in [1.82, 2.24) is 0 Å². The highest BCUT2D eigenvalue weighted by atomic mass is 79.9. The van der Waals surface area contributed by atoms with E-state index in [2.05, 4.69) is 22.0 Å². The van der Waals surface area contributed by atoms with E-state index in [9.17, 15) is 0 Å². The van der Waals surface area contributed by atoms with Crippen LogP contribution >= 0.6 is 27.5 Å². The van der Waals surface area contributed by atoms with Crippen molar-refractivity contribution in [3.05, 3.63) is 28.8 Å². The van der Waals surface area contributed by atoms with Crippen molar-refractivity contribution in [3.63, 3.8) is 0 Å². The molecule has 0 spiro atoms. The van der Waals surface area contributed by atoms with Gasteiger partial charge >= 0.3 is 0 Å². The minimum atomic E-state index is 0.676. The predicted octanol–water partition coefficient (Wildman–Crippen LogP) is 5.23. The molecule has 0 bridgehead atoms. The molecule has 0 heterocycles. The zero-order chi connectivity index (χ0) is 13.0. The molecule has 1 aliphatic rings. The Kier molecular flexibility index (Phi) is 5.38. The maximum absolute atomic E-state index is 6.09. The second-order valence-electron chi connectivity index (χ2n) is 5.14. The number of hydrogen-bond acceptors (Lipinski definition) is 1. The average molecular weight is 332 g/mol. The van der Waals surface area contributed by atoms with Crippen LogP contribution in [0.25, 0.3) is 0 Å². The second-order valence-corrected chi connectivity index (χ2v) is 6.88. The van der Waals surface area contributed by atoms with E-state index in [1.165, 1.54) is 37.7 Å². The van der Waals surface area contributed by atoms with Crippen molar-refractivity contribution >= 4 is 27.5 Å². The van der Waals surface area contributed by atoms with Crippen LogP contribution in [0.4, 0.5) is 0 Å². The molecule has 0 aliphatic heterocycles. The van der Waals surface area contributed by atoms with Gasteiger partial charge in [0.2, 0.25) is 0 Å². The van der Waals surface area contributed by atoms with Crippen LogP contribution in [0.15, 0.2) is 18.2 Å². The lowest BCUT2D eigenvalue weighted by molar-refractivity contribution is 0.398. The number of rotatable bonds is 3. The third-order valence-electron chi connectivity index (χ3n) is 3.72. The van der Waals surface area contributed by atoms with Crippen molar-refractivity contribution in [2.75, 3.05) is 7.11 Å². The van der Waals surface area contributed by atoms with Crippen molar-refractivity contribution < 1.29 is 4.74 Å². The standard InChI is InChI=1S/C15H20BrClO/c1-18-15-7-6-14(17)10-12(15)8-11-4-2-3-5-13(16)9-11/h6-7,10-11,13H,2-5,8-9H2,1H3. The summed E-state index contributed by atoms with van der Waals surface area (Å²) in [5.41, 5.74) is 1.25. The first kappa shape index (κ1) is 14.2. The van der Waals surface area contributed by atoms with Gasteiger partial charge in [-0.25, -0.2) is 0 Å². The van der Waals surface area contributed by atoms with Crippen molar-refractivity contribution in [3.8, 4) is 5.75 Å². The van der Waals surface area contributed by atoms with Gasteiger partial charge in [0.15, 0.2) is 0 Å². The summed E-state index contributed by atoms with van der Waals surface area (Å²) in [6.07, 6.45) is 7.65. The molecule has 0 aromatic heterocycles. The SMILES string of the molecule is COc1ccc(Cl)cc1CC1CCCCC(Br)C1. The first-order chi connectivity index (χ1) is 8.69. The van der Waals surface area contributed by atoms with Crippen molar-refractivity contribution in [1.29, 1.82) is 0 Å². The van der Waals surface area contributed by atoms with Gasteiger partial charge in [-0.05, 0) is 48.9 Å². The van der Waals surface area contributed by atoms with E-state index in [0.717, 1.165) is 23.1 Å². The molecule has 0 saturated heterocycles. The maximum atomic E-state index is 6.09. The van der Waals surface area contributed by atoms with Crippen LogP contribution < -0.4 is 4.74 Å². The van der Waals surface area contributed by atoms with Crippen LogP contribution in [-0.4, -0.2) is 11.9 Å². The van der Waals surface area contributed by atoms with Gasteiger partial charge in [-0.1, -0.05) is 46.8 Å². The topological polar surface area (TPSA) is 9.23 Å². The summed E-state index contributed by atoms with van der Waals surface area (Å²) < 4.78 is 5.43. The highest BCUT2D eigenvalue weighted by Gasteiger charge is 2.20. The minimum absolute atomic E-state index is 0.676. The number of hydrogen-bond donors (Lipinski definition) is 0. The average Bonchev–Trinajstić information content (AvgIpc) is 2.54. The number of alkyl halides is 1. The molecule has 1 nitrogen and oxygen atoms in total. The van der Waals surface area contributed by atoms with Gasteiger partial charge in [-0.3, -0.25) is 0 Å². The molecule has 18 heavy (non-hydrogen) atoms. The lowest BCUT2D eigenvalue weighted by atomic mass is 9.92. The summed E-state index contributed by atoms with van der Waals surface area (Å²) in [7, 11) is 1.73. The van der Waals surface area contributed by atoms with E-state index in [1.54, 1.807) is 7.11 Å². The Morgan fingerprint density at radius 1 is 1.33 bits per heavy atom. The van der Waals surface area contributed by atoms with Gasteiger partial charge < -0.3 is 4.74 Å². The fourth-order valence-corrected chi connectivity index (χ4v) is 3.85. The first-order valence-electron chi connectivity index (χ1n) is 6.65. The second kappa shape index (κ2) is 6.81. The Morgan fingerprint density at radius 3 is 2.89 bits per heavy atom. The molecule has 1 aromatic rings. The van der Waals surface area contributed by atoms with E-state index < -0.39 is 0 Å². The smallest absolute Gasteiger partial charge is 0.122 e. The van der Waals surface area contributed by atoms with Gasteiger partial charge in [0.05, 0.1) is 7.11 Å². The zero-order valence-corrected chi connectivity index (χ0v) is 13.1. The highest BCUT2D eigenvalue weighted by molar-refractivity contribution is 9.09. The molecule has 2 unspecified atom stereocenters. The molecule has 2 rings (SSSR count). The Balaban J connectivity index is 2.09. The monoisotopic (exact) mass is 330 g/mol. The lowest BCUT2D eigenvalue weighted by Crippen LogP contribution is -2.09. The molecule has 1 fully saturated rings. The molecular formula is C15H20BrClO. The number of halogens is 2. The largest absolute Gasteiger partial charge is 0.496 e. The van der Waals surface area contributed by atoms with E-state index in [1.807, 2.05) is 12.1 Å². The molecule has 2 atom stereocenters. The van der Waals surface area contributed by atoms with Crippen LogP contribution in [0, 0.1) is 5.92 Å². The van der Waals surface area contributed by atoms with Crippen LogP contribution in [0.2, 0.25) is 5.02 Å². The summed E-state index contributed by atoms with van der Waals surface area (Å²) in [4.78, 5) is 0.676. The minimum Gasteiger partial charge on any atom is -0.496 e. The molecule has 0 radical (unpaired) electrons. The Labute approximate surface area is 123 Å². The highest BCUT2D eigenvalue weighted by Crippen LogP contribution is 2.33. The predicted molar refractivity (Wildman–Crippen MR) is 81.0 cm³/mol. The molecule has 100 valence electrons. The van der Waals surface area contributed by atoms with Crippen LogP contribution in [0.1, 0.15) is 37.7 Å². The number of benzene rings is 1. The van der Waals surface area contributed by atoms with Crippen molar-refractivity contribution in [2.45, 2.75) is 43.4 Å². The number of methoxy groups -OCH3 is 1. The Morgan fingerprint density at radius 2 is 2.11 bits per heavy atom. The van der Waals surface area contributed by atoms with E-state index >= 15 is 0 Å². The molecule has 1 saturated carbocycles. The molecular weight excluding hydrogens is 312 g/mol. The van der Waals surface area contributed by atoms with E-state index in [-0.39, 0.29) is 0 Å². The first-order valence-corrected chi connectivity index (χ1v) is 7.95. The Bertz CT molecular complexity index is 394. The zero-order valence-electron chi connectivity index (χ0n) is 10.8. The third-order valence-corrected chi connectivity index (χ3v) is 4.79. The van der Waals surface area contributed by atoms with Gasteiger partial charge in [-0.15, -0.1) is 0 Å². The summed E-state index contributed by atoms with van der Waals surface area (Å²) in [6.45, 7) is 0. The lowest BCUT2D eigenvalue weighted by Gasteiger charge is -2.18. The fraction of sp³-hybridized carbons (Fsp3) is 0.600. The van der Waals surface area contributed by atoms with E-state index in [0.29, 0.717) is 4.83 Å². The van der Waals surface area contributed by atoms with Crippen LogP contribution in [0.3, 0.4) is 0 Å². The van der Waals surface area contributed by atoms with E-state index in [4.69, 9.17) is 16.3 Å². The quantitative estimate of drug-likeness (QED) is 0.544. The molecule has 0 N–H and O–H groups in total. The Hall–Kier alpha value is -0.210. The van der Waals surface area contributed by atoms with Gasteiger partial charge in [-0.2, -0.15) is 0 Å². The van der Waals surface area contributed by atoms with Gasteiger partial charge in [0.25, 0.3) is 0 Å². The molecule has 1 aromatic carbocycles. The van der Waals surface area contributed by atoms with Gasteiger partial charge in [0, 0.05) is 9.85 Å². The van der Waals surface area contributed by atoms with Crippen LogP contribution in [0.5, 0.6) is 5.75 Å². The number of ether oxygens (including phenoxy) is 1. The molecule has 0 amide bonds. The summed E-state index contributed by atoms with van der Waals surface area (Å²) >= 11 is 9.87. The fourth-order valence-electron chi connectivity index (χ4n) is 2.80.